The zero-order valence-electron chi connectivity index (χ0n) is 11.3. The van der Waals surface area contributed by atoms with Gasteiger partial charge in [-0.2, -0.15) is 0 Å². The summed E-state index contributed by atoms with van der Waals surface area (Å²) in [5.74, 6) is 1.25. The topological polar surface area (TPSA) is 50.8 Å². The molecule has 2 heterocycles. The van der Waals surface area contributed by atoms with Gasteiger partial charge in [-0.25, -0.2) is 0 Å². The number of fused-ring (bicyclic) bond motifs is 1. The molecule has 1 amide bonds. The number of rotatable bonds is 3. The van der Waals surface area contributed by atoms with Gasteiger partial charge in [0.05, 0.1) is 4.47 Å². The molecule has 21 heavy (non-hydrogen) atoms. The highest BCUT2D eigenvalue weighted by atomic mass is 79.9. The molecular weight excluding hydrogens is 356 g/mol. The largest absolute Gasteiger partial charge is 0.454 e. The van der Waals surface area contributed by atoms with Gasteiger partial charge in [-0.1, -0.05) is 6.92 Å². The standard InChI is InChI=1S/C14H13BrN2O3S/c1-2-3-17-13(18)10(16-14(17)21)5-8-4-9(15)12-11(6-8)19-7-20-12/h4-6H,2-3,7H2,1H3,(H,16,21)/b10-5-. The highest BCUT2D eigenvalue weighted by Crippen LogP contribution is 2.40. The van der Waals surface area contributed by atoms with Crippen molar-refractivity contribution in [2.24, 2.45) is 0 Å². The lowest BCUT2D eigenvalue weighted by Crippen LogP contribution is -2.31. The number of benzene rings is 1. The number of thiocarbonyl (C=S) groups is 1. The van der Waals surface area contributed by atoms with Crippen molar-refractivity contribution in [3.63, 3.8) is 0 Å². The third-order valence-electron chi connectivity index (χ3n) is 3.17. The Hall–Kier alpha value is -1.60. The summed E-state index contributed by atoms with van der Waals surface area (Å²) in [5, 5.41) is 3.41. The van der Waals surface area contributed by atoms with E-state index in [1.807, 2.05) is 19.1 Å². The fraction of sp³-hybridized carbons (Fsp3) is 0.286. The van der Waals surface area contributed by atoms with Crippen LogP contribution in [-0.4, -0.2) is 29.3 Å². The van der Waals surface area contributed by atoms with Crippen molar-refractivity contribution in [2.75, 3.05) is 13.3 Å². The van der Waals surface area contributed by atoms with Crippen LogP contribution >= 0.6 is 28.1 Å². The van der Waals surface area contributed by atoms with E-state index in [-0.39, 0.29) is 12.7 Å². The maximum atomic E-state index is 12.3. The summed E-state index contributed by atoms with van der Waals surface area (Å²) in [4.78, 5) is 13.8. The molecule has 2 aliphatic rings. The van der Waals surface area contributed by atoms with Crippen LogP contribution in [-0.2, 0) is 4.79 Å². The van der Waals surface area contributed by atoms with Gasteiger partial charge < -0.3 is 14.8 Å². The van der Waals surface area contributed by atoms with Gasteiger partial charge >= 0.3 is 0 Å². The summed E-state index contributed by atoms with van der Waals surface area (Å²) < 4.78 is 11.5. The third-order valence-corrected chi connectivity index (χ3v) is 4.08. The molecular formula is C14H13BrN2O3S. The van der Waals surface area contributed by atoms with Crippen LogP contribution in [0.15, 0.2) is 22.3 Å². The van der Waals surface area contributed by atoms with Crippen molar-refractivity contribution in [1.82, 2.24) is 10.2 Å². The quantitative estimate of drug-likeness (QED) is 0.656. The smallest absolute Gasteiger partial charge is 0.276 e. The molecule has 110 valence electrons. The van der Waals surface area contributed by atoms with E-state index < -0.39 is 0 Å². The van der Waals surface area contributed by atoms with Crippen LogP contribution in [0.5, 0.6) is 11.5 Å². The predicted octanol–water partition coefficient (Wildman–Crippen LogP) is 2.65. The summed E-state index contributed by atoms with van der Waals surface area (Å²) in [7, 11) is 0. The lowest BCUT2D eigenvalue weighted by molar-refractivity contribution is -0.122. The Bertz CT molecular complexity index is 660. The SMILES string of the molecule is CCCN1C(=O)/C(=C/c2cc(Br)c3c(c2)OCO3)NC1=S. The maximum Gasteiger partial charge on any atom is 0.276 e. The number of carbonyl (C=O) groups is 1. The average molecular weight is 369 g/mol. The number of halogens is 1. The van der Waals surface area contributed by atoms with E-state index in [0.717, 1.165) is 16.5 Å². The van der Waals surface area contributed by atoms with Gasteiger partial charge in [-0.15, -0.1) is 0 Å². The fourth-order valence-electron chi connectivity index (χ4n) is 2.24. The first-order valence-corrected chi connectivity index (χ1v) is 7.74. The molecule has 0 bridgehead atoms. The number of ether oxygens (including phenoxy) is 2. The van der Waals surface area contributed by atoms with Crippen molar-refractivity contribution in [3.8, 4) is 11.5 Å². The molecule has 1 saturated heterocycles. The highest BCUT2D eigenvalue weighted by molar-refractivity contribution is 9.10. The van der Waals surface area contributed by atoms with Crippen LogP contribution in [0.3, 0.4) is 0 Å². The van der Waals surface area contributed by atoms with E-state index >= 15 is 0 Å². The molecule has 0 saturated carbocycles. The van der Waals surface area contributed by atoms with Crippen LogP contribution in [0.25, 0.3) is 6.08 Å². The first kappa shape index (κ1) is 14.3. The average Bonchev–Trinajstić information content (AvgIpc) is 3.00. The maximum absolute atomic E-state index is 12.3. The van der Waals surface area contributed by atoms with Crippen LogP contribution in [0.1, 0.15) is 18.9 Å². The van der Waals surface area contributed by atoms with E-state index in [0.29, 0.717) is 28.9 Å². The molecule has 2 aliphatic heterocycles. The van der Waals surface area contributed by atoms with Crippen LogP contribution < -0.4 is 14.8 Å². The fourth-order valence-corrected chi connectivity index (χ4v) is 3.09. The summed E-state index contributed by atoms with van der Waals surface area (Å²) in [5.41, 5.74) is 1.31. The molecule has 0 atom stereocenters. The van der Waals surface area contributed by atoms with Gasteiger partial charge in [0.15, 0.2) is 16.6 Å². The molecule has 3 rings (SSSR count). The minimum atomic E-state index is -0.101. The minimum absolute atomic E-state index is 0.101. The number of nitrogens with zero attached hydrogens (tertiary/aromatic N) is 1. The van der Waals surface area contributed by atoms with Gasteiger partial charge in [0.2, 0.25) is 6.79 Å². The monoisotopic (exact) mass is 368 g/mol. The zero-order valence-corrected chi connectivity index (χ0v) is 13.7. The molecule has 0 spiro atoms. The van der Waals surface area contributed by atoms with Crippen LogP contribution in [0, 0.1) is 0 Å². The zero-order chi connectivity index (χ0) is 15.0. The number of carbonyl (C=O) groups excluding carboxylic acids is 1. The van der Waals surface area contributed by atoms with Gasteiger partial charge in [-0.3, -0.25) is 9.69 Å². The van der Waals surface area contributed by atoms with Crippen molar-refractivity contribution < 1.29 is 14.3 Å². The van der Waals surface area contributed by atoms with Crippen molar-refractivity contribution in [2.45, 2.75) is 13.3 Å². The van der Waals surface area contributed by atoms with E-state index in [9.17, 15) is 4.79 Å². The molecule has 0 aromatic heterocycles. The summed E-state index contributed by atoms with van der Waals surface area (Å²) in [6, 6.07) is 3.71. The minimum Gasteiger partial charge on any atom is -0.454 e. The first-order valence-electron chi connectivity index (χ1n) is 6.54. The normalized spacial score (nSPS) is 18.6. The molecule has 5 nitrogen and oxygen atoms in total. The Morgan fingerprint density at radius 3 is 3.05 bits per heavy atom. The Morgan fingerprint density at radius 1 is 1.48 bits per heavy atom. The van der Waals surface area contributed by atoms with E-state index in [4.69, 9.17) is 21.7 Å². The number of amides is 1. The van der Waals surface area contributed by atoms with Gasteiger partial charge in [0.1, 0.15) is 5.70 Å². The van der Waals surface area contributed by atoms with E-state index in [1.54, 1.807) is 11.0 Å². The number of nitrogens with one attached hydrogen (secondary N) is 1. The molecule has 1 aromatic rings. The second kappa shape index (κ2) is 5.65. The van der Waals surface area contributed by atoms with Crippen LogP contribution in [0.4, 0.5) is 0 Å². The van der Waals surface area contributed by atoms with E-state index in [1.165, 1.54) is 0 Å². The first-order chi connectivity index (χ1) is 10.1. The van der Waals surface area contributed by atoms with E-state index in [2.05, 4.69) is 21.2 Å². The molecule has 0 unspecified atom stereocenters. The molecule has 1 aromatic carbocycles. The second-order valence-corrected chi connectivity index (χ2v) is 5.92. The van der Waals surface area contributed by atoms with Gasteiger partial charge in [0, 0.05) is 6.54 Å². The Balaban J connectivity index is 1.91. The second-order valence-electron chi connectivity index (χ2n) is 4.68. The lowest BCUT2D eigenvalue weighted by atomic mass is 10.1. The van der Waals surface area contributed by atoms with Gasteiger partial charge in [-0.05, 0) is 58.3 Å². The Labute approximate surface area is 136 Å². The molecule has 7 heteroatoms. The molecule has 0 aliphatic carbocycles. The van der Waals surface area contributed by atoms with Crippen molar-refractivity contribution in [3.05, 3.63) is 27.9 Å². The van der Waals surface area contributed by atoms with Crippen LogP contribution in [0.2, 0.25) is 0 Å². The lowest BCUT2D eigenvalue weighted by Gasteiger charge is -2.11. The number of hydrogen-bond acceptors (Lipinski definition) is 4. The molecule has 1 fully saturated rings. The summed E-state index contributed by atoms with van der Waals surface area (Å²) in [6.07, 6.45) is 2.62. The highest BCUT2D eigenvalue weighted by Gasteiger charge is 2.30. The van der Waals surface area contributed by atoms with Crippen molar-refractivity contribution >= 4 is 45.2 Å². The Morgan fingerprint density at radius 2 is 2.29 bits per heavy atom. The van der Waals surface area contributed by atoms with Crippen molar-refractivity contribution in [1.29, 1.82) is 0 Å². The molecule has 0 radical (unpaired) electrons. The van der Waals surface area contributed by atoms with Gasteiger partial charge in [0.25, 0.3) is 5.91 Å². The summed E-state index contributed by atoms with van der Waals surface area (Å²) in [6.45, 7) is 2.83. The number of hydrogen-bond donors (Lipinski definition) is 1. The summed E-state index contributed by atoms with van der Waals surface area (Å²) >= 11 is 8.62. The Kier molecular flexibility index (Phi) is 3.86. The molecule has 1 N–H and O–H groups in total. The predicted molar refractivity (Wildman–Crippen MR) is 86.0 cm³/mol. The third kappa shape index (κ3) is 2.63.